The summed E-state index contributed by atoms with van der Waals surface area (Å²) >= 11 is 5.33. The first kappa shape index (κ1) is 13.9. The number of pyridine rings is 1. The van der Waals surface area contributed by atoms with Crippen LogP contribution in [0.4, 0.5) is 0 Å². The Morgan fingerprint density at radius 1 is 1.42 bits per heavy atom. The second kappa shape index (κ2) is 5.22. The lowest BCUT2D eigenvalue weighted by Gasteiger charge is -2.33. The Labute approximate surface area is 118 Å². The molecule has 2 heterocycles. The van der Waals surface area contributed by atoms with E-state index < -0.39 is 0 Å². The smallest absolute Gasteiger partial charge is 0.195 e. The highest BCUT2D eigenvalue weighted by Crippen LogP contribution is 2.20. The number of aromatic nitrogens is 4. The van der Waals surface area contributed by atoms with Gasteiger partial charge in [0, 0.05) is 30.0 Å². The highest BCUT2D eigenvalue weighted by atomic mass is 32.1. The van der Waals surface area contributed by atoms with Gasteiger partial charge in [-0.3, -0.25) is 14.6 Å². The van der Waals surface area contributed by atoms with E-state index in [2.05, 4.69) is 48.0 Å². The minimum atomic E-state index is -0.0148. The lowest BCUT2D eigenvalue weighted by Crippen LogP contribution is -2.42. The maximum Gasteiger partial charge on any atom is 0.195 e. The standard InChI is InChI=1S/C13H19N5S/c1-13(2,17(3)4)9-18-11(15-16-12(18)19)10-6-5-7-14-8-10/h5-8H,9H2,1-4H3,(H,16,19). The van der Waals surface area contributed by atoms with Crippen LogP contribution in [-0.4, -0.2) is 44.3 Å². The van der Waals surface area contributed by atoms with Crippen molar-refractivity contribution in [3.05, 3.63) is 29.3 Å². The zero-order valence-electron chi connectivity index (χ0n) is 11.7. The van der Waals surface area contributed by atoms with Gasteiger partial charge in [-0.1, -0.05) is 0 Å². The van der Waals surface area contributed by atoms with Gasteiger partial charge in [0.15, 0.2) is 10.6 Å². The van der Waals surface area contributed by atoms with Gasteiger partial charge in [0.25, 0.3) is 0 Å². The van der Waals surface area contributed by atoms with Crippen LogP contribution < -0.4 is 0 Å². The molecule has 5 nitrogen and oxygen atoms in total. The van der Waals surface area contributed by atoms with Crippen LogP contribution in [0, 0.1) is 4.77 Å². The summed E-state index contributed by atoms with van der Waals surface area (Å²) in [7, 11) is 4.13. The summed E-state index contributed by atoms with van der Waals surface area (Å²) in [5, 5.41) is 7.18. The van der Waals surface area contributed by atoms with Crippen LogP contribution in [0.1, 0.15) is 13.8 Å². The van der Waals surface area contributed by atoms with E-state index in [1.165, 1.54) is 0 Å². The third kappa shape index (κ3) is 2.90. The molecule has 0 aliphatic rings. The van der Waals surface area contributed by atoms with Crippen molar-refractivity contribution in [2.24, 2.45) is 0 Å². The molecule has 102 valence electrons. The van der Waals surface area contributed by atoms with Gasteiger partial charge in [-0.25, -0.2) is 0 Å². The number of hydrogen-bond donors (Lipinski definition) is 1. The minimum Gasteiger partial charge on any atom is -0.302 e. The molecule has 0 saturated heterocycles. The van der Waals surface area contributed by atoms with E-state index in [4.69, 9.17) is 12.2 Å². The SMILES string of the molecule is CN(C)C(C)(C)Cn1c(-c2cccnc2)n[nH]c1=S. The predicted octanol–water partition coefficient (Wildman–Crippen LogP) is 2.34. The van der Waals surface area contributed by atoms with Crippen molar-refractivity contribution in [2.45, 2.75) is 25.9 Å². The molecule has 0 bridgehead atoms. The third-order valence-corrected chi connectivity index (χ3v) is 3.75. The van der Waals surface area contributed by atoms with Crippen LogP contribution in [0.3, 0.4) is 0 Å². The number of nitrogens with zero attached hydrogens (tertiary/aromatic N) is 4. The minimum absolute atomic E-state index is 0.0148. The molecule has 2 aromatic rings. The van der Waals surface area contributed by atoms with E-state index in [0.29, 0.717) is 4.77 Å². The van der Waals surface area contributed by atoms with Gasteiger partial charge in [0.05, 0.1) is 0 Å². The Balaban J connectivity index is 2.42. The molecule has 0 radical (unpaired) electrons. The molecular weight excluding hydrogens is 258 g/mol. The first-order chi connectivity index (χ1) is 8.92. The first-order valence-electron chi connectivity index (χ1n) is 6.15. The predicted molar refractivity (Wildman–Crippen MR) is 78.4 cm³/mol. The summed E-state index contributed by atoms with van der Waals surface area (Å²) in [6, 6.07) is 3.88. The van der Waals surface area contributed by atoms with Crippen LogP contribution in [0.5, 0.6) is 0 Å². The molecule has 0 aliphatic carbocycles. The summed E-state index contributed by atoms with van der Waals surface area (Å²) in [5.41, 5.74) is 0.948. The molecular formula is C13H19N5S. The fourth-order valence-corrected chi connectivity index (χ4v) is 1.90. The van der Waals surface area contributed by atoms with Crippen molar-refractivity contribution in [2.75, 3.05) is 14.1 Å². The molecule has 0 spiro atoms. The lowest BCUT2D eigenvalue weighted by atomic mass is 10.0. The zero-order chi connectivity index (χ0) is 14.0. The van der Waals surface area contributed by atoms with Crippen LogP contribution in [0.2, 0.25) is 0 Å². The van der Waals surface area contributed by atoms with Crippen molar-refractivity contribution in [3.63, 3.8) is 0 Å². The Morgan fingerprint density at radius 2 is 2.16 bits per heavy atom. The molecule has 0 atom stereocenters. The van der Waals surface area contributed by atoms with Gasteiger partial charge in [-0.15, -0.1) is 0 Å². The van der Waals surface area contributed by atoms with Gasteiger partial charge in [0.1, 0.15) is 0 Å². The molecule has 0 saturated carbocycles. The Hall–Kier alpha value is -1.53. The first-order valence-corrected chi connectivity index (χ1v) is 6.56. The maximum absolute atomic E-state index is 5.33. The summed E-state index contributed by atoms with van der Waals surface area (Å²) < 4.78 is 2.65. The largest absolute Gasteiger partial charge is 0.302 e. The highest BCUT2D eigenvalue weighted by molar-refractivity contribution is 7.71. The van der Waals surface area contributed by atoms with Gasteiger partial charge in [-0.05, 0) is 52.3 Å². The molecule has 0 unspecified atom stereocenters. The van der Waals surface area contributed by atoms with E-state index in [0.717, 1.165) is 17.9 Å². The summed E-state index contributed by atoms with van der Waals surface area (Å²) in [4.78, 5) is 6.31. The fourth-order valence-electron chi connectivity index (χ4n) is 1.71. The van der Waals surface area contributed by atoms with Crippen LogP contribution in [0.15, 0.2) is 24.5 Å². The van der Waals surface area contributed by atoms with Gasteiger partial charge >= 0.3 is 0 Å². The van der Waals surface area contributed by atoms with Gasteiger partial charge < -0.3 is 4.90 Å². The molecule has 19 heavy (non-hydrogen) atoms. The quantitative estimate of drug-likeness (QED) is 0.872. The lowest BCUT2D eigenvalue weighted by molar-refractivity contribution is 0.169. The van der Waals surface area contributed by atoms with E-state index in [1.54, 1.807) is 12.4 Å². The molecule has 2 rings (SSSR count). The fraction of sp³-hybridized carbons (Fsp3) is 0.462. The number of likely N-dealkylation sites (N-methyl/N-ethyl adjacent to an activating group) is 1. The number of rotatable bonds is 4. The molecule has 0 fully saturated rings. The second-order valence-electron chi connectivity index (χ2n) is 5.39. The topological polar surface area (TPSA) is 49.7 Å². The van der Waals surface area contributed by atoms with Crippen LogP contribution >= 0.6 is 12.2 Å². The molecule has 6 heteroatoms. The van der Waals surface area contributed by atoms with E-state index in [1.807, 2.05) is 16.7 Å². The summed E-state index contributed by atoms with van der Waals surface area (Å²) in [5.74, 6) is 0.827. The van der Waals surface area contributed by atoms with Crippen molar-refractivity contribution in [1.29, 1.82) is 0 Å². The van der Waals surface area contributed by atoms with Crippen LogP contribution in [0.25, 0.3) is 11.4 Å². The van der Waals surface area contributed by atoms with E-state index in [9.17, 15) is 0 Å². The average Bonchev–Trinajstić information content (AvgIpc) is 2.71. The van der Waals surface area contributed by atoms with Crippen molar-refractivity contribution in [3.8, 4) is 11.4 Å². The zero-order valence-corrected chi connectivity index (χ0v) is 12.5. The Kier molecular flexibility index (Phi) is 3.82. The third-order valence-electron chi connectivity index (χ3n) is 3.43. The maximum atomic E-state index is 5.33. The number of H-pyrrole nitrogens is 1. The Bertz CT molecular complexity index is 597. The molecule has 1 N–H and O–H groups in total. The number of aromatic amines is 1. The summed E-state index contributed by atoms with van der Waals surface area (Å²) in [6.45, 7) is 5.11. The molecule has 2 aromatic heterocycles. The van der Waals surface area contributed by atoms with Crippen molar-refractivity contribution in [1.82, 2.24) is 24.6 Å². The van der Waals surface area contributed by atoms with Gasteiger partial charge in [-0.2, -0.15) is 5.10 Å². The molecule has 0 aromatic carbocycles. The normalized spacial score (nSPS) is 12.1. The molecule has 0 aliphatic heterocycles. The summed E-state index contributed by atoms with van der Waals surface area (Å²) in [6.07, 6.45) is 3.54. The molecule has 0 amide bonds. The monoisotopic (exact) mass is 277 g/mol. The Morgan fingerprint density at radius 3 is 2.74 bits per heavy atom. The van der Waals surface area contributed by atoms with E-state index >= 15 is 0 Å². The van der Waals surface area contributed by atoms with E-state index in [-0.39, 0.29) is 5.54 Å². The van der Waals surface area contributed by atoms with Crippen molar-refractivity contribution < 1.29 is 0 Å². The van der Waals surface area contributed by atoms with Crippen LogP contribution in [-0.2, 0) is 6.54 Å². The average molecular weight is 277 g/mol. The van der Waals surface area contributed by atoms with Gasteiger partial charge in [0.2, 0.25) is 0 Å². The number of nitrogens with one attached hydrogen (secondary N) is 1. The number of hydrogen-bond acceptors (Lipinski definition) is 4. The second-order valence-corrected chi connectivity index (χ2v) is 5.77. The van der Waals surface area contributed by atoms with Crippen molar-refractivity contribution >= 4 is 12.2 Å². The highest BCUT2D eigenvalue weighted by Gasteiger charge is 2.23.